The van der Waals surface area contributed by atoms with Gasteiger partial charge >= 0.3 is 5.97 Å². The zero-order valence-electron chi connectivity index (χ0n) is 13.0. The van der Waals surface area contributed by atoms with E-state index in [1.165, 1.54) is 7.11 Å². The van der Waals surface area contributed by atoms with Gasteiger partial charge in [0.1, 0.15) is 5.69 Å². The molecule has 3 aromatic rings. The second-order valence-corrected chi connectivity index (χ2v) is 5.99. The summed E-state index contributed by atoms with van der Waals surface area (Å²) in [5, 5.41) is 7.15. The van der Waals surface area contributed by atoms with Gasteiger partial charge in [0, 0.05) is 16.6 Å². The molecule has 24 heavy (non-hydrogen) atoms. The lowest BCUT2D eigenvalue weighted by atomic mass is 10.1. The molecule has 1 heterocycles. The third-order valence-corrected chi connectivity index (χ3v) is 3.96. The van der Waals surface area contributed by atoms with Gasteiger partial charge in [-0.1, -0.05) is 63.6 Å². The van der Waals surface area contributed by atoms with E-state index in [4.69, 9.17) is 9.26 Å². The highest BCUT2D eigenvalue weighted by atomic mass is 79.9. The molecular weight excluding hydrogens is 372 g/mol. The summed E-state index contributed by atoms with van der Waals surface area (Å²) in [7, 11) is 1.34. The van der Waals surface area contributed by atoms with Crippen LogP contribution in [0.15, 0.2) is 63.6 Å². The number of anilines is 1. The van der Waals surface area contributed by atoms with Crippen LogP contribution in [0.3, 0.4) is 0 Å². The number of rotatable bonds is 5. The molecule has 0 aliphatic carbocycles. The minimum atomic E-state index is -0.494. The molecule has 0 bridgehead atoms. The molecule has 6 heteroatoms. The van der Waals surface area contributed by atoms with Crippen LogP contribution < -0.4 is 5.32 Å². The van der Waals surface area contributed by atoms with Crippen molar-refractivity contribution in [2.24, 2.45) is 0 Å². The number of nitrogens with zero attached hydrogens (tertiary/aromatic N) is 1. The Bertz CT molecular complexity index is 846. The highest BCUT2D eigenvalue weighted by molar-refractivity contribution is 9.10. The Morgan fingerprint density at radius 3 is 2.71 bits per heavy atom. The first kappa shape index (κ1) is 16.3. The smallest absolute Gasteiger partial charge is 0.345 e. The molecule has 0 unspecified atom stereocenters. The largest absolute Gasteiger partial charge is 0.465 e. The van der Waals surface area contributed by atoms with E-state index < -0.39 is 5.97 Å². The molecule has 5 nitrogen and oxygen atoms in total. The number of hydrogen-bond acceptors (Lipinski definition) is 5. The summed E-state index contributed by atoms with van der Waals surface area (Å²) in [6.45, 7) is 0.493. The summed E-state index contributed by atoms with van der Waals surface area (Å²) in [5.41, 5.74) is 2.58. The number of aromatic nitrogens is 1. The van der Waals surface area contributed by atoms with Crippen LogP contribution in [0.2, 0.25) is 0 Å². The second kappa shape index (κ2) is 7.31. The molecule has 0 amide bonds. The molecular formula is C18H15BrN2O3. The van der Waals surface area contributed by atoms with Crippen molar-refractivity contribution in [1.29, 1.82) is 0 Å². The lowest BCUT2D eigenvalue weighted by Crippen LogP contribution is -2.07. The minimum Gasteiger partial charge on any atom is -0.465 e. The van der Waals surface area contributed by atoms with Crippen molar-refractivity contribution in [1.82, 2.24) is 5.16 Å². The third kappa shape index (κ3) is 3.49. The molecule has 0 spiro atoms. The SMILES string of the molecule is COC(=O)c1c(-c2ccccc2)noc1NCc1cccc(Br)c1. The van der Waals surface area contributed by atoms with Gasteiger partial charge in [-0.2, -0.15) is 0 Å². The fourth-order valence-electron chi connectivity index (χ4n) is 2.32. The van der Waals surface area contributed by atoms with Crippen LogP contribution in [0.1, 0.15) is 15.9 Å². The van der Waals surface area contributed by atoms with E-state index in [1.54, 1.807) is 0 Å². The fourth-order valence-corrected chi connectivity index (χ4v) is 2.77. The normalized spacial score (nSPS) is 10.4. The Hall–Kier alpha value is -2.60. The van der Waals surface area contributed by atoms with Gasteiger partial charge in [-0.05, 0) is 17.7 Å². The van der Waals surface area contributed by atoms with E-state index in [1.807, 2.05) is 54.6 Å². The quantitative estimate of drug-likeness (QED) is 0.653. The summed E-state index contributed by atoms with van der Waals surface area (Å²) in [4.78, 5) is 12.2. The lowest BCUT2D eigenvalue weighted by molar-refractivity contribution is 0.0602. The van der Waals surface area contributed by atoms with Crippen LogP contribution in [0.4, 0.5) is 5.88 Å². The molecule has 0 fully saturated rings. The Labute approximate surface area is 147 Å². The predicted molar refractivity (Wildman–Crippen MR) is 94.7 cm³/mol. The summed E-state index contributed by atoms with van der Waals surface area (Å²) < 4.78 is 11.2. The molecule has 1 aromatic heterocycles. The van der Waals surface area contributed by atoms with E-state index >= 15 is 0 Å². The van der Waals surface area contributed by atoms with Crippen LogP contribution in [0.5, 0.6) is 0 Å². The number of ether oxygens (including phenoxy) is 1. The molecule has 1 N–H and O–H groups in total. The Kier molecular flexibility index (Phi) is 4.96. The van der Waals surface area contributed by atoms with Gasteiger partial charge in [0.25, 0.3) is 0 Å². The number of nitrogens with one attached hydrogen (secondary N) is 1. The van der Waals surface area contributed by atoms with Gasteiger partial charge in [-0.3, -0.25) is 0 Å². The van der Waals surface area contributed by atoms with Crippen molar-refractivity contribution in [2.75, 3.05) is 12.4 Å². The molecule has 0 radical (unpaired) electrons. The number of carbonyl (C=O) groups is 1. The maximum absolute atomic E-state index is 12.2. The van der Waals surface area contributed by atoms with Crippen molar-refractivity contribution >= 4 is 27.8 Å². The summed E-state index contributed by atoms with van der Waals surface area (Å²) >= 11 is 3.43. The molecule has 0 saturated carbocycles. The third-order valence-electron chi connectivity index (χ3n) is 3.47. The Morgan fingerprint density at radius 2 is 2.00 bits per heavy atom. The summed E-state index contributed by atoms with van der Waals surface area (Å²) in [6, 6.07) is 17.2. The van der Waals surface area contributed by atoms with Gasteiger partial charge in [-0.25, -0.2) is 4.79 Å². The molecule has 0 aliphatic heterocycles. The average Bonchev–Trinajstić information content (AvgIpc) is 3.04. The van der Waals surface area contributed by atoms with Gasteiger partial charge in [0.05, 0.1) is 7.11 Å². The van der Waals surface area contributed by atoms with E-state index in [0.717, 1.165) is 15.6 Å². The van der Waals surface area contributed by atoms with Crippen molar-refractivity contribution in [3.8, 4) is 11.3 Å². The van der Waals surface area contributed by atoms with Gasteiger partial charge in [0.15, 0.2) is 5.56 Å². The summed E-state index contributed by atoms with van der Waals surface area (Å²) in [5.74, 6) is -0.201. The first-order valence-electron chi connectivity index (χ1n) is 7.30. The van der Waals surface area contributed by atoms with Crippen molar-refractivity contribution in [3.63, 3.8) is 0 Å². The minimum absolute atomic E-state index is 0.290. The number of esters is 1. The number of benzene rings is 2. The highest BCUT2D eigenvalue weighted by Gasteiger charge is 2.24. The van der Waals surface area contributed by atoms with Crippen LogP contribution in [-0.4, -0.2) is 18.2 Å². The van der Waals surface area contributed by atoms with E-state index in [-0.39, 0.29) is 0 Å². The zero-order chi connectivity index (χ0) is 16.9. The molecule has 2 aromatic carbocycles. The molecule has 0 atom stereocenters. The molecule has 0 aliphatic rings. The first-order chi connectivity index (χ1) is 11.7. The van der Waals surface area contributed by atoms with E-state index in [2.05, 4.69) is 26.4 Å². The van der Waals surface area contributed by atoms with Crippen LogP contribution in [0, 0.1) is 0 Å². The van der Waals surface area contributed by atoms with E-state index in [0.29, 0.717) is 23.7 Å². The lowest BCUT2D eigenvalue weighted by Gasteiger charge is -2.06. The Morgan fingerprint density at radius 1 is 1.21 bits per heavy atom. The average molecular weight is 387 g/mol. The van der Waals surface area contributed by atoms with Gasteiger partial charge < -0.3 is 14.6 Å². The fraction of sp³-hybridized carbons (Fsp3) is 0.111. The number of carbonyl (C=O) groups excluding carboxylic acids is 1. The summed E-state index contributed by atoms with van der Waals surface area (Å²) in [6.07, 6.45) is 0. The highest BCUT2D eigenvalue weighted by Crippen LogP contribution is 2.29. The first-order valence-corrected chi connectivity index (χ1v) is 8.10. The maximum Gasteiger partial charge on any atom is 0.345 e. The van der Waals surface area contributed by atoms with Crippen molar-refractivity contribution in [3.05, 3.63) is 70.2 Å². The Balaban J connectivity index is 1.90. The second-order valence-electron chi connectivity index (χ2n) is 5.08. The topological polar surface area (TPSA) is 64.4 Å². The van der Waals surface area contributed by atoms with Crippen molar-refractivity contribution < 1.29 is 14.1 Å². The van der Waals surface area contributed by atoms with Crippen LogP contribution in [-0.2, 0) is 11.3 Å². The standard InChI is InChI=1S/C18H15BrN2O3/c1-23-18(22)15-16(13-7-3-2-4-8-13)21-24-17(15)20-11-12-6-5-9-14(19)10-12/h2-10,20H,11H2,1H3. The van der Waals surface area contributed by atoms with Crippen LogP contribution >= 0.6 is 15.9 Å². The molecule has 122 valence electrons. The predicted octanol–water partition coefficient (Wildman–Crippen LogP) is 4.50. The number of hydrogen-bond donors (Lipinski definition) is 1. The maximum atomic E-state index is 12.2. The van der Waals surface area contributed by atoms with Crippen LogP contribution in [0.25, 0.3) is 11.3 Å². The van der Waals surface area contributed by atoms with Gasteiger partial charge in [-0.15, -0.1) is 0 Å². The molecule has 0 saturated heterocycles. The zero-order valence-corrected chi connectivity index (χ0v) is 14.5. The monoisotopic (exact) mass is 386 g/mol. The number of halogens is 1. The van der Waals surface area contributed by atoms with Crippen molar-refractivity contribution in [2.45, 2.75) is 6.54 Å². The molecule has 3 rings (SSSR count). The van der Waals surface area contributed by atoms with E-state index in [9.17, 15) is 4.79 Å². The van der Waals surface area contributed by atoms with Gasteiger partial charge in [0.2, 0.25) is 5.88 Å². The number of methoxy groups -OCH3 is 1.